The molecule has 4 atom stereocenters. The quantitative estimate of drug-likeness (QED) is 0.196. The van der Waals surface area contributed by atoms with Gasteiger partial charge in [-0.05, 0) is 48.9 Å². The van der Waals surface area contributed by atoms with Crippen molar-refractivity contribution in [2.75, 3.05) is 6.54 Å². The number of nitrogens with one attached hydrogen (secondary N) is 2. The lowest BCUT2D eigenvalue weighted by atomic mass is 10.0. The van der Waals surface area contributed by atoms with E-state index >= 15 is 0 Å². The number of aliphatic carboxylic acids is 1. The fraction of sp³-hybridized carbons (Fsp3) is 0.393. The number of carboxylic acid groups (broad SMARTS) is 1. The van der Waals surface area contributed by atoms with Crippen molar-refractivity contribution in [1.82, 2.24) is 15.5 Å². The highest BCUT2D eigenvalue weighted by molar-refractivity contribution is 5.94. The van der Waals surface area contributed by atoms with Gasteiger partial charge in [-0.2, -0.15) is 0 Å². The number of carbonyl (C=O) groups is 5. The highest BCUT2D eigenvalue weighted by Gasteiger charge is 2.39. The second kappa shape index (κ2) is 14.1. The molecule has 8 N–H and O–H groups in total. The molecule has 40 heavy (non-hydrogen) atoms. The second-order valence-electron chi connectivity index (χ2n) is 9.82. The SMILES string of the molecule is NC(=O)CCC(NC(=O)C1CCCN1C(=O)C(Cc1ccccc1)NC(=O)C(N)Cc1ccc(O)cc1)C(=O)O. The van der Waals surface area contributed by atoms with Crippen LogP contribution in [0.2, 0.25) is 0 Å². The molecule has 0 aromatic heterocycles. The largest absolute Gasteiger partial charge is 0.508 e. The molecule has 1 aliphatic rings. The number of phenolic OH excluding ortho intramolecular Hbond substituents is 1. The Morgan fingerprint density at radius 2 is 1.57 bits per heavy atom. The van der Waals surface area contributed by atoms with Crippen molar-refractivity contribution in [2.45, 2.75) is 62.7 Å². The summed E-state index contributed by atoms with van der Waals surface area (Å²) in [7, 11) is 0. The number of hydrogen-bond donors (Lipinski definition) is 6. The number of phenols is 1. The van der Waals surface area contributed by atoms with Crippen LogP contribution in [-0.2, 0) is 36.8 Å². The van der Waals surface area contributed by atoms with E-state index in [2.05, 4.69) is 10.6 Å². The first-order valence-corrected chi connectivity index (χ1v) is 13.0. The van der Waals surface area contributed by atoms with Gasteiger partial charge >= 0.3 is 5.97 Å². The number of benzene rings is 2. The molecular weight excluding hydrogens is 518 g/mol. The summed E-state index contributed by atoms with van der Waals surface area (Å²) in [5.41, 5.74) is 12.8. The molecule has 0 bridgehead atoms. The first-order valence-electron chi connectivity index (χ1n) is 13.0. The molecule has 214 valence electrons. The highest BCUT2D eigenvalue weighted by Crippen LogP contribution is 2.20. The van der Waals surface area contributed by atoms with E-state index < -0.39 is 53.8 Å². The van der Waals surface area contributed by atoms with Crippen molar-refractivity contribution in [3.63, 3.8) is 0 Å². The molecule has 4 unspecified atom stereocenters. The van der Waals surface area contributed by atoms with Gasteiger partial charge in [0.25, 0.3) is 0 Å². The van der Waals surface area contributed by atoms with Crippen LogP contribution in [0.1, 0.15) is 36.8 Å². The van der Waals surface area contributed by atoms with Crippen molar-refractivity contribution in [1.29, 1.82) is 0 Å². The number of aromatic hydroxyl groups is 1. The minimum absolute atomic E-state index is 0.0852. The van der Waals surface area contributed by atoms with Gasteiger partial charge in [0.05, 0.1) is 6.04 Å². The van der Waals surface area contributed by atoms with E-state index in [1.54, 1.807) is 24.3 Å². The number of nitrogens with two attached hydrogens (primary N) is 2. The lowest BCUT2D eigenvalue weighted by Gasteiger charge is -2.30. The van der Waals surface area contributed by atoms with E-state index in [1.165, 1.54) is 17.0 Å². The summed E-state index contributed by atoms with van der Waals surface area (Å²) in [6, 6.07) is 11.1. The van der Waals surface area contributed by atoms with Crippen molar-refractivity contribution >= 4 is 29.6 Å². The van der Waals surface area contributed by atoms with E-state index in [-0.39, 0.29) is 38.0 Å². The van der Waals surface area contributed by atoms with Crippen LogP contribution in [0.3, 0.4) is 0 Å². The first kappa shape index (κ1) is 30.1. The van der Waals surface area contributed by atoms with E-state index in [1.807, 2.05) is 18.2 Å². The number of carboxylic acids is 1. The monoisotopic (exact) mass is 553 g/mol. The molecule has 12 heteroatoms. The van der Waals surface area contributed by atoms with Crippen LogP contribution >= 0.6 is 0 Å². The van der Waals surface area contributed by atoms with E-state index in [0.717, 1.165) is 11.1 Å². The molecule has 1 saturated heterocycles. The summed E-state index contributed by atoms with van der Waals surface area (Å²) >= 11 is 0. The van der Waals surface area contributed by atoms with Crippen LogP contribution in [-0.4, -0.2) is 75.4 Å². The zero-order valence-electron chi connectivity index (χ0n) is 22.0. The maximum atomic E-state index is 13.7. The molecule has 0 radical (unpaired) electrons. The number of rotatable bonds is 13. The van der Waals surface area contributed by atoms with E-state index in [9.17, 15) is 34.2 Å². The maximum Gasteiger partial charge on any atom is 0.326 e. The number of hydrogen-bond acceptors (Lipinski definition) is 7. The van der Waals surface area contributed by atoms with Crippen molar-refractivity contribution in [3.8, 4) is 5.75 Å². The Labute approximate surface area is 231 Å². The Morgan fingerprint density at radius 1 is 0.925 bits per heavy atom. The van der Waals surface area contributed by atoms with Crippen LogP contribution < -0.4 is 22.1 Å². The summed E-state index contributed by atoms with van der Waals surface area (Å²) in [6.45, 7) is 0.247. The number of carbonyl (C=O) groups excluding carboxylic acids is 4. The molecule has 1 fully saturated rings. The normalized spacial score (nSPS) is 16.9. The summed E-state index contributed by atoms with van der Waals surface area (Å²) < 4.78 is 0. The molecule has 2 aromatic carbocycles. The molecule has 0 saturated carbocycles. The van der Waals surface area contributed by atoms with Crippen LogP contribution in [0.4, 0.5) is 0 Å². The molecule has 0 aliphatic carbocycles. The molecule has 1 heterocycles. The standard InChI is InChI=1S/C28H35N5O7/c29-20(15-18-8-10-19(34)11-9-18)25(36)32-22(16-17-5-2-1-3-6-17)27(38)33-14-4-7-23(33)26(37)31-21(28(39)40)12-13-24(30)35/h1-3,5-6,8-11,20-23,34H,4,7,12-16,29H2,(H2,30,35)(H,31,37)(H,32,36)(H,39,40). The van der Waals surface area contributed by atoms with E-state index in [4.69, 9.17) is 11.5 Å². The molecule has 0 spiro atoms. The molecule has 12 nitrogen and oxygen atoms in total. The van der Waals surface area contributed by atoms with Crippen molar-refractivity contribution in [2.24, 2.45) is 11.5 Å². The summed E-state index contributed by atoms with van der Waals surface area (Å²) in [6.07, 6.45) is 0.748. The number of likely N-dealkylation sites (tertiary alicyclic amines) is 1. The Balaban J connectivity index is 1.74. The minimum atomic E-state index is -1.34. The first-order chi connectivity index (χ1) is 19.0. The summed E-state index contributed by atoms with van der Waals surface area (Å²) in [5, 5.41) is 24.1. The lowest BCUT2D eigenvalue weighted by Crippen LogP contribution is -2.57. The second-order valence-corrected chi connectivity index (χ2v) is 9.82. The predicted octanol–water partition coefficient (Wildman–Crippen LogP) is -0.185. The molecule has 3 rings (SSSR count). The van der Waals surface area contributed by atoms with Crippen LogP contribution in [0, 0.1) is 0 Å². The lowest BCUT2D eigenvalue weighted by molar-refractivity contribution is -0.145. The van der Waals surface area contributed by atoms with Crippen molar-refractivity contribution < 1.29 is 34.2 Å². The van der Waals surface area contributed by atoms with Gasteiger partial charge in [0.15, 0.2) is 0 Å². The Bertz CT molecular complexity index is 1210. The fourth-order valence-electron chi connectivity index (χ4n) is 4.62. The van der Waals surface area contributed by atoms with Gasteiger partial charge in [-0.3, -0.25) is 19.2 Å². The van der Waals surface area contributed by atoms with Gasteiger partial charge in [-0.15, -0.1) is 0 Å². The highest BCUT2D eigenvalue weighted by atomic mass is 16.4. The van der Waals surface area contributed by atoms with Gasteiger partial charge in [0.1, 0.15) is 23.9 Å². The molecular formula is C28H35N5O7. The topological polar surface area (TPSA) is 205 Å². The van der Waals surface area contributed by atoms with Gasteiger partial charge in [0.2, 0.25) is 23.6 Å². The fourth-order valence-corrected chi connectivity index (χ4v) is 4.62. The van der Waals surface area contributed by atoms with E-state index in [0.29, 0.717) is 12.8 Å². The average Bonchev–Trinajstić information content (AvgIpc) is 3.42. The Hall–Kier alpha value is -4.45. The van der Waals surface area contributed by atoms with Gasteiger partial charge in [0, 0.05) is 19.4 Å². The van der Waals surface area contributed by atoms with Gasteiger partial charge in [-0.25, -0.2) is 4.79 Å². The smallest absolute Gasteiger partial charge is 0.326 e. The third-order valence-corrected chi connectivity index (χ3v) is 6.76. The molecule has 4 amide bonds. The number of amides is 4. The van der Waals surface area contributed by atoms with Crippen LogP contribution in [0.5, 0.6) is 5.75 Å². The van der Waals surface area contributed by atoms with Crippen LogP contribution in [0.25, 0.3) is 0 Å². The predicted molar refractivity (Wildman–Crippen MR) is 145 cm³/mol. The van der Waals surface area contributed by atoms with Crippen LogP contribution in [0.15, 0.2) is 54.6 Å². The third kappa shape index (κ3) is 8.53. The zero-order valence-corrected chi connectivity index (χ0v) is 22.0. The number of primary amides is 1. The third-order valence-electron chi connectivity index (χ3n) is 6.76. The Kier molecular flexibility index (Phi) is 10.6. The van der Waals surface area contributed by atoms with Gasteiger partial charge < -0.3 is 37.2 Å². The summed E-state index contributed by atoms with van der Waals surface area (Å²) in [4.78, 5) is 63.9. The van der Waals surface area contributed by atoms with Crippen molar-refractivity contribution in [3.05, 3.63) is 65.7 Å². The number of nitrogens with zero attached hydrogens (tertiary/aromatic N) is 1. The minimum Gasteiger partial charge on any atom is -0.508 e. The molecule has 2 aromatic rings. The zero-order chi connectivity index (χ0) is 29.2. The van der Waals surface area contributed by atoms with Gasteiger partial charge in [-0.1, -0.05) is 42.5 Å². The maximum absolute atomic E-state index is 13.7. The Morgan fingerprint density at radius 3 is 2.20 bits per heavy atom. The molecule has 1 aliphatic heterocycles. The summed E-state index contributed by atoms with van der Waals surface area (Å²) in [5.74, 6) is -3.63. The average molecular weight is 554 g/mol.